The van der Waals surface area contributed by atoms with E-state index in [9.17, 15) is 9.90 Å². The van der Waals surface area contributed by atoms with Crippen molar-refractivity contribution in [1.29, 1.82) is 0 Å². The molecule has 1 aliphatic heterocycles. The summed E-state index contributed by atoms with van der Waals surface area (Å²) in [5.41, 5.74) is 0.649. The van der Waals surface area contributed by atoms with Gasteiger partial charge in [-0.1, -0.05) is 23.2 Å². The normalized spacial score (nSPS) is 19.3. The second-order valence-corrected chi connectivity index (χ2v) is 7.73. The molecule has 27 heavy (non-hydrogen) atoms. The molecule has 7 heteroatoms. The Morgan fingerprint density at radius 1 is 1.07 bits per heavy atom. The second-order valence-electron chi connectivity index (χ2n) is 6.81. The largest absolute Gasteiger partial charge is 0.495 e. The smallest absolute Gasteiger partial charge is 0.253 e. The van der Waals surface area contributed by atoms with Gasteiger partial charge in [-0.3, -0.25) is 9.69 Å². The quantitative estimate of drug-likeness (QED) is 0.781. The van der Waals surface area contributed by atoms with Crippen LogP contribution in [0.2, 0.25) is 5.02 Å². The van der Waals surface area contributed by atoms with Gasteiger partial charge in [-0.25, -0.2) is 0 Å². The number of carbonyl (C=O) groups excluding carboxylic acids is 1. The van der Waals surface area contributed by atoms with E-state index >= 15 is 0 Å². The minimum Gasteiger partial charge on any atom is -0.495 e. The zero-order valence-corrected chi connectivity index (χ0v) is 16.6. The highest BCUT2D eigenvalue weighted by atomic mass is 35.5. The van der Waals surface area contributed by atoms with Gasteiger partial charge in [-0.2, -0.15) is 0 Å². The van der Waals surface area contributed by atoms with Crippen molar-refractivity contribution in [3.63, 3.8) is 0 Å². The van der Waals surface area contributed by atoms with E-state index in [1.165, 1.54) is 0 Å². The van der Waals surface area contributed by atoms with Gasteiger partial charge >= 0.3 is 0 Å². The molecule has 0 saturated carbocycles. The molecule has 0 bridgehead atoms. The van der Waals surface area contributed by atoms with Crippen LogP contribution in [0, 0.1) is 0 Å². The van der Waals surface area contributed by atoms with Crippen LogP contribution in [0.1, 0.15) is 23.2 Å². The average molecular weight is 411 g/mol. The lowest BCUT2D eigenvalue weighted by Gasteiger charge is -2.35. The van der Waals surface area contributed by atoms with Crippen LogP contribution >= 0.6 is 23.2 Å². The second kappa shape index (κ2) is 9.60. The van der Waals surface area contributed by atoms with Gasteiger partial charge in [0, 0.05) is 54.8 Å². The summed E-state index contributed by atoms with van der Waals surface area (Å²) in [6.45, 7) is 3.55. The molecule has 1 heterocycles. The molecule has 1 fully saturated rings. The summed E-state index contributed by atoms with van der Waals surface area (Å²) >= 11 is 11.8. The fraction of sp³-hybridized carbons (Fsp3) is 0.450. The minimum absolute atomic E-state index is 0.0196. The Morgan fingerprint density at radius 2 is 1.78 bits per heavy atom. The van der Waals surface area contributed by atoms with Crippen molar-refractivity contribution >= 4 is 29.1 Å². The van der Waals surface area contributed by atoms with Crippen LogP contribution in [0.15, 0.2) is 47.2 Å². The van der Waals surface area contributed by atoms with Gasteiger partial charge in [0.15, 0.2) is 0 Å². The SMILES string of the molecule is O=C(c1ccc(Cl)cc1)N1CCN(CC(O)COC2=CC=C(Cl)CC2)CC1. The van der Waals surface area contributed by atoms with E-state index in [0.717, 1.165) is 36.7 Å². The van der Waals surface area contributed by atoms with Gasteiger partial charge in [0.1, 0.15) is 12.7 Å². The number of aliphatic hydroxyl groups excluding tert-OH is 1. The van der Waals surface area contributed by atoms with Crippen molar-refractivity contribution in [3.8, 4) is 0 Å². The number of ether oxygens (including phenoxy) is 1. The maximum absolute atomic E-state index is 12.5. The number of amides is 1. The highest BCUT2D eigenvalue weighted by molar-refractivity contribution is 6.30. The summed E-state index contributed by atoms with van der Waals surface area (Å²) in [5.74, 6) is 0.878. The highest BCUT2D eigenvalue weighted by Gasteiger charge is 2.23. The number of aliphatic hydroxyl groups is 1. The molecule has 1 aromatic rings. The molecule has 1 atom stereocenters. The molecular weight excluding hydrogens is 387 g/mol. The summed E-state index contributed by atoms with van der Waals surface area (Å²) < 4.78 is 5.67. The summed E-state index contributed by atoms with van der Waals surface area (Å²) in [4.78, 5) is 16.5. The number of allylic oxidation sites excluding steroid dienone is 4. The van der Waals surface area contributed by atoms with Gasteiger partial charge < -0.3 is 14.7 Å². The fourth-order valence-electron chi connectivity index (χ4n) is 3.18. The standard InChI is InChI=1S/C20H24Cl2N2O3/c21-16-3-1-15(2-4-16)20(26)24-11-9-23(10-12-24)13-18(25)14-27-19-7-5-17(22)6-8-19/h1-5,7,18,25H,6,8-14H2. The first-order chi connectivity index (χ1) is 13.0. The third-order valence-electron chi connectivity index (χ3n) is 4.74. The average Bonchev–Trinajstić information content (AvgIpc) is 2.68. The van der Waals surface area contributed by atoms with Gasteiger partial charge in [0.05, 0.1) is 5.76 Å². The molecule has 1 saturated heterocycles. The maximum atomic E-state index is 12.5. The van der Waals surface area contributed by atoms with Crippen LogP contribution < -0.4 is 0 Å². The summed E-state index contributed by atoms with van der Waals surface area (Å²) in [6.07, 6.45) is 4.69. The zero-order valence-electron chi connectivity index (χ0n) is 15.1. The van der Waals surface area contributed by atoms with E-state index in [4.69, 9.17) is 27.9 Å². The molecule has 1 amide bonds. The Bertz CT molecular complexity index is 710. The molecular formula is C20H24Cl2N2O3. The van der Waals surface area contributed by atoms with Crippen LogP contribution in [0.5, 0.6) is 0 Å². The van der Waals surface area contributed by atoms with Crippen LogP contribution in [-0.2, 0) is 4.74 Å². The first-order valence-electron chi connectivity index (χ1n) is 9.14. The van der Waals surface area contributed by atoms with Crippen LogP contribution in [-0.4, -0.2) is 66.2 Å². The van der Waals surface area contributed by atoms with Gasteiger partial charge in [0.2, 0.25) is 0 Å². The number of piperazine rings is 1. The molecule has 2 aliphatic rings. The monoisotopic (exact) mass is 410 g/mol. The number of hydrogen-bond acceptors (Lipinski definition) is 4. The summed E-state index contributed by atoms with van der Waals surface area (Å²) in [6, 6.07) is 6.96. The van der Waals surface area contributed by atoms with Crippen molar-refractivity contribution in [2.24, 2.45) is 0 Å². The molecule has 1 aromatic carbocycles. The molecule has 0 aromatic heterocycles. The number of nitrogens with zero attached hydrogens (tertiary/aromatic N) is 2. The van der Waals surface area contributed by atoms with Gasteiger partial charge in [-0.05, 0) is 42.8 Å². The Kier molecular flexibility index (Phi) is 7.19. The predicted octanol–water partition coefficient (Wildman–Crippen LogP) is 3.28. The van der Waals surface area contributed by atoms with Crippen LogP contribution in [0.3, 0.4) is 0 Å². The fourth-order valence-corrected chi connectivity index (χ4v) is 3.46. The first-order valence-corrected chi connectivity index (χ1v) is 9.90. The highest BCUT2D eigenvalue weighted by Crippen LogP contribution is 2.21. The molecule has 3 rings (SSSR count). The van der Waals surface area contributed by atoms with Crippen LogP contribution in [0.4, 0.5) is 0 Å². The van der Waals surface area contributed by atoms with E-state index in [2.05, 4.69) is 4.90 Å². The van der Waals surface area contributed by atoms with E-state index in [-0.39, 0.29) is 12.5 Å². The van der Waals surface area contributed by atoms with Crippen molar-refractivity contribution in [2.45, 2.75) is 18.9 Å². The van der Waals surface area contributed by atoms with E-state index in [1.54, 1.807) is 24.3 Å². The number of carbonyl (C=O) groups is 1. The number of β-amino-alcohol motifs (C(OH)–C–C–N with tert-alkyl or cyclic N) is 1. The van der Waals surface area contributed by atoms with Crippen molar-refractivity contribution in [2.75, 3.05) is 39.3 Å². The lowest BCUT2D eigenvalue weighted by molar-refractivity contribution is 0.0252. The molecule has 0 radical (unpaired) electrons. The lowest BCUT2D eigenvalue weighted by Crippen LogP contribution is -2.50. The van der Waals surface area contributed by atoms with E-state index in [0.29, 0.717) is 30.2 Å². The molecule has 5 nitrogen and oxygen atoms in total. The van der Waals surface area contributed by atoms with Crippen molar-refractivity contribution in [1.82, 2.24) is 9.80 Å². The Hall–Kier alpha value is -1.53. The molecule has 1 unspecified atom stereocenters. The third kappa shape index (κ3) is 5.98. The minimum atomic E-state index is -0.564. The number of benzene rings is 1. The number of hydrogen-bond donors (Lipinski definition) is 1. The van der Waals surface area contributed by atoms with Gasteiger partial charge in [0.25, 0.3) is 5.91 Å². The zero-order chi connectivity index (χ0) is 19.2. The maximum Gasteiger partial charge on any atom is 0.253 e. The predicted molar refractivity (Wildman–Crippen MR) is 107 cm³/mol. The van der Waals surface area contributed by atoms with E-state index < -0.39 is 6.10 Å². The van der Waals surface area contributed by atoms with E-state index in [1.807, 2.05) is 17.1 Å². The molecule has 1 aliphatic carbocycles. The molecule has 1 N–H and O–H groups in total. The summed E-state index contributed by atoms with van der Waals surface area (Å²) in [7, 11) is 0. The number of halogens is 2. The van der Waals surface area contributed by atoms with Crippen LogP contribution in [0.25, 0.3) is 0 Å². The molecule has 146 valence electrons. The van der Waals surface area contributed by atoms with Gasteiger partial charge in [-0.15, -0.1) is 0 Å². The topological polar surface area (TPSA) is 53.0 Å². The Balaban J connectivity index is 1.40. The van der Waals surface area contributed by atoms with Crippen molar-refractivity contribution < 1.29 is 14.6 Å². The third-order valence-corrected chi connectivity index (χ3v) is 5.31. The lowest BCUT2D eigenvalue weighted by atomic mass is 10.1. The number of rotatable bonds is 6. The Labute approximate surface area is 169 Å². The molecule has 0 spiro atoms. The summed E-state index contributed by atoms with van der Waals surface area (Å²) in [5, 5.41) is 11.7. The van der Waals surface area contributed by atoms with Crippen molar-refractivity contribution in [3.05, 3.63) is 57.8 Å². The first kappa shape index (κ1) is 20.2. The Morgan fingerprint density at radius 3 is 2.41 bits per heavy atom.